The fraction of sp³-hybridized carbons (Fsp3) is 0.900. The second kappa shape index (κ2) is 10.3. The summed E-state index contributed by atoms with van der Waals surface area (Å²) in [6.45, 7) is 7.06. The third-order valence-electron chi connectivity index (χ3n) is 5.77. The predicted molar refractivity (Wildman–Crippen MR) is 92.8 cm³/mol. The van der Waals surface area contributed by atoms with Gasteiger partial charge >= 0.3 is 0 Å². The van der Waals surface area contributed by atoms with Gasteiger partial charge in [0.1, 0.15) is 0 Å². The van der Waals surface area contributed by atoms with Gasteiger partial charge in [0.15, 0.2) is 0 Å². The Bertz CT molecular complexity index is 297. The van der Waals surface area contributed by atoms with Crippen LogP contribution in [-0.2, 0) is 9.47 Å². The van der Waals surface area contributed by atoms with E-state index in [2.05, 4.69) is 19.9 Å². The van der Waals surface area contributed by atoms with E-state index in [0.29, 0.717) is 0 Å². The van der Waals surface area contributed by atoms with Crippen molar-refractivity contribution in [2.45, 2.75) is 71.6 Å². The summed E-state index contributed by atoms with van der Waals surface area (Å²) in [5.74, 6) is 3.63. The molecule has 0 aliphatic heterocycles. The fourth-order valence-electron chi connectivity index (χ4n) is 4.29. The Hall–Kier alpha value is -0.500. The third-order valence-corrected chi connectivity index (χ3v) is 5.77. The molecule has 0 radical (unpaired) electrons. The molecule has 0 amide bonds. The Morgan fingerprint density at radius 1 is 0.773 bits per heavy atom. The largest absolute Gasteiger partial charge is 0.501 e. The molecule has 0 spiro atoms. The number of hydrogen-bond acceptors (Lipinski definition) is 2. The highest BCUT2D eigenvalue weighted by Crippen LogP contribution is 2.41. The first-order valence-corrected chi connectivity index (χ1v) is 9.67. The van der Waals surface area contributed by atoms with Gasteiger partial charge in [0.2, 0.25) is 0 Å². The first kappa shape index (κ1) is 17.8. The lowest BCUT2D eigenvalue weighted by Crippen LogP contribution is -2.28. The first-order chi connectivity index (χ1) is 10.8. The minimum Gasteiger partial charge on any atom is -0.501 e. The van der Waals surface area contributed by atoms with Gasteiger partial charge in [0.05, 0.1) is 12.9 Å². The SMILES string of the molecule is CCC=COC[C@H]1CC[C@H]([C@H]2CC[C@H](COCC)CC2)CC1. The maximum absolute atomic E-state index is 5.65. The van der Waals surface area contributed by atoms with E-state index in [0.717, 1.165) is 49.9 Å². The summed E-state index contributed by atoms with van der Waals surface area (Å²) in [7, 11) is 0. The maximum atomic E-state index is 5.65. The van der Waals surface area contributed by atoms with Crippen molar-refractivity contribution in [1.82, 2.24) is 0 Å². The van der Waals surface area contributed by atoms with Crippen LogP contribution in [0.5, 0.6) is 0 Å². The van der Waals surface area contributed by atoms with E-state index in [1.807, 2.05) is 6.26 Å². The Balaban J connectivity index is 1.60. The van der Waals surface area contributed by atoms with Crippen LogP contribution >= 0.6 is 0 Å². The molecule has 0 heterocycles. The molecular formula is C20H36O2. The highest BCUT2D eigenvalue weighted by Gasteiger charge is 2.30. The molecule has 0 N–H and O–H groups in total. The molecule has 0 saturated heterocycles. The average molecular weight is 309 g/mol. The molecule has 0 atom stereocenters. The zero-order valence-electron chi connectivity index (χ0n) is 14.8. The molecule has 0 aromatic heterocycles. The molecule has 2 fully saturated rings. The zero-order valence-corrected chi connectivity index (χ0v) is 14.8. The van der Waals surface area contributed by atoms with Gasteiger partial charge in [-0.1, -0.05) is 13.0 Å². The smallest absolute Gasteiger partial charge is 0.0901 e. The van der Waals surface area contributed by atoms with E-state index >= 15 is 0 Å². The van der Waals surface area contributed by atoms with Crippen molar-refractivity contribution in [2.24, 2.45) is 23.7 Å². The van der Waals surface area contributed by atoms with Crippen LogP contribution < -0.4 is 0 Å². The van der Waals surface area contributed by atoms with Crippen LogP contribution in [0.2, 0.25) is 0 Å². The summed E-state index contributed by atoms with van der Waals surface area (Å²) in [4.78, 5) is 0. The van der Waals surface area contributed by atoms with E-state index in [9.17, 15) is 0 Å². The monoisotopic (exact) mass is 308 g/mol. The second-order valence-electron chi connectivity index (χ2n) is 7.33. The van der Waals surface area contributed by atoms with E-state index < -0.39 is 0 Å². The lowest BCUT2D eigenvalue weighted by molar-refractivity contribution is 0.0668. The quantitative estimate of drug-likeness (QED) is 0.545. The fourth-order valence-corrected chi connectivity index (χ4v) is 4.29. The number of rotatable bonds is 8. The molecule has 0 unspecified atom stereocenters. The first-order valence-electron chi connectivity index (χ1n) is 9.67. The van der Waals surface area contributed by atoms with Crippen molar-refractivity contribution < 1.29 is 9.47 Å². The third kappa shape index (κ3) is 5.95. The van der Waals surface area contributed by atoms with E-state index in [1.54, 1.807) is 0 Å². The normalized spacial score (nSPS) is 33.2. The molecule has 2 aliphatic carbocycles. The van der Waals surface area contributed by atoms with Crippen molar-refractivity contribution in [3.63, 3.8) is 0 Å². The van der Waals surface area contributed by atoms with Crippen LogP contribution in [0, 0.1) is 23.7 Å². The van der Waals surface area contributed by atoms with Crippen LogP contribution in [0.15, 0.2) is 12.3 Å². The zero-order chi connectivity index (χ0) is 15.6. The lowest BCUT2D eigenvalue weighted by atomic mass is 9.69. The van der Waals surface area contributed by atoms with Gasteiger partial charge in [0, 0.05) is 13.2 Å². The number of hydrogen-bond donors (Lipinski definition) is 0. The molecule has 2 aliphatic rings. The summed E-state index contributed by atoms with van der Waals surface area (Å²) < 4.78 is 11.3. The Morgan fingerprint density at radius 2 is 1.32 bits per heavy atom. The molecule has 2 nitrogen and oxygen atoms in total. The molecular weight excluding hydrogens is 272 g/mol. The summed E-state index contributed by atoms with van der Waals surface area (Å²) in [6, 6.07) is 0. The Labute approximate surface area is 137 Å². The van der Waals surface area contributed by atoms with Crippen molar-refractivity contribution in [1.29, 1.82) is 0 Å². The van der Waals surface area contributed by atoms with Crippen molar-refractivity contribution >= 4 is 0 Å². The lowest BCUT2D eigenvalue weighted by Gasteiger charge is -2.37. The van der Waals surface area contributed by atoms with Crippen LogP contribution in [0.25, 0.3) is 0 Å². The number of ether oxygens (including phenoxy) is 2. The van der Waals surface area contributed by atoms with Gasteiger partial charge < -0.3 is 9.47 Å². The van der Waals surface area contributed by atoms with Gasteiger partial charge in [-0.3, -0.25) is 0 Å². The van der Waals surface area contributed by atoms with Gasteiger partial charge in [-0.05, 0) is 88.4 Å². The van der Waals surface area contributed by atoms with Gasteiger partial charge in [0.25, 0.3) is 0 Å². The molecule has 0 aromatic carbocycles. The summed E-state index contributed by atoms with van der Waals surface area (Å²) in [5.41, 5.74) is 0. The van der Waals surface area contributed by atoms with Crippen LogP contribution in [0.4, 0.5) is 0 Å². The highest BCUT2D eigenvalue weighted by molar-refractivity contribution is 4.82. The highest BCUT2D eigenvalue weighted by atomic mass is 16.5. The van der Waals surface area contributed by atoms with Gasteiger partial charge in [-0.25, -0.2) is 0 Å². The van der Waals surface area contributed by atoms with Crippen LogP contribution in [0.1, 0.15) is 71.6 Å². The van der Waals surface area contributed by atoms with Crippen molar-refractivity contribution in [2.75, 3.05) is 19.8 Å². The minimum absolute atomic E-state index is 0.798. The van der Waals surface area contributed by atoms with Crippen molar-refractivity contribution in [3.8, 4) is 0 Å². The Kier molecular flexibility index (Phi) is 8.36. The summed E-state index contributed by atoms with van der Waals surface area (Å²) >= 11 is 0. The van der Waals surface area contributed by atoms with Crippen LogP contribution in [-0.4, -0.2) is 19.8 Å². The molecule has 2 rings (SSSR count). The standard InChI is InChI=1S/C20H36O2/c1-3-5-14-22-16-18-8-12-20(13-9-18)19-10-6-17(7-11-19)15-21-4-2/h5,14,17-20H,3-4,6-13,15-16H2,1-2H3/t17-,18-,19-,20-. The molecule has 2 saturated carbocycles. The topological polar surface area (TPSA) is 18.5 Å². The summed E-state index contributed by atoms with van der Waals surface area (Å²) in [5, 5.41) is 0. The van der Waals surface area contributed by atoms with Crippen LogP contribution in [0.3, 0.4) is 0 Å². The molecule has 0 aromatic rings. The molecule has 0 bridgehead atoms. The molecule has 128 valence electrons. The second-order valence-corrected chi connectivity index (χ2v) is 7.33. The number of allylic oxidation sites excluding steroid dienone is 1. The Morgan fingerprint density at radius 3 is 1.82 bits per heavy atom. The minimum atomic E-state index is 0.798. The average Bonchev–Trinajstić information content (AvgIpc) is 2.58. The maximum Gasteiger partial charge on any atom is 0.0901 e. The van der Waals surface area contributed by atoms with Gasteiger partial charge in [-0.2, -0.15) is 0 Å². The van der Waals surface area contributed by atoms with E-state index in [4.69, 9.17) is 9.47 Å². The summed E-state index contributed by atoms with van der Waals surface area (Å²) in [6.07, 6.45) is 16.4. The predicted octanol–water partition coefficient (Wildman–Crippen LogP) is 5.58. The molecule has 2 heteroatoms. The van der Waals surface area contributed by atoms with Crippen molar-refractivity contribution in [3.05, 3.63) is 12.3 Å². The molecule has 22 heavy (non-hydrogen) atoms. The van der Waals surface area contributed by atoms with E-state index in [1.165, 1.54) is 51.4 Å². The van der Waals surface area contributed by atoms with Gasteiger partial charge in [-0.15, -0.1) is 0 Å². The van der Waals surface area contributed by atoms with E-state index in [-0.39, 0.29) is 0 Å².